The number of anilines is 1. The van der Waals surface area contributed by atoms with Crippen molar-refractivity contribution >= 4 is 38.6 Å². The summed E-state index contributed by atoms with van der Waals surface area (Å²) in [7, 11) is -3.63. The first-order valence-electron chi connectivity index (χ1n) is 6.40. The molecule has 0 aliphatic heterocycles. The van der Waals surface area contributed by atoms with Crippen LogP contribution in [0.25, 0.3) is 0 Å². The van der Waals surface area contributed by atoms with Crippen molar-refractivity contribution in [1.82, 2.24) is 4.72 Å². The van der Waals surface area contributed by atoms with Gasteiger partial charge < -0.3 is 5.73 Å². The Hall–Kier alpha value is -1.08. The Balaban J connectivity index is 2.18. The number of benzene rings is 1. The zero-order valence-corrected chi connectivity index (χ0v) is 14.1. The minimum absolute atomic E-state index is 0.0913. The highest BCUT2D eigenvalue weighted by molar-refractivity contribution is 7.89. The van der Waals surface area contributed by atoms with E-state index < -0.39 is 10.0 Å². The van der Waals surface area contributed by atoms with Gasteiger partial charge in [-0.3, -0.25) is 0 Å². The number of hydrogen-bond acceptors (Lipinski definition) is 4. The zero-order chi connectivity index (χ0) is 15.6. The second kappa shape index (κ2) is 6.36. The van der Waals surface area contributed by atoms with Crippen LogP contribution in [0.15, 0.2) is 34.5 Å². The highest BCUT2D eigenvalue weighted by Crippen LogP contribution is 2.26. The highest BCUT2D eigenvalue weighted by atomic mass is 35.5. The van der Waals surface area contributed by atoms with Crippen molar-refractivity contribution in [2.75, 3.05) is 5.73 Å². The molecule has 0 saturated carbocycles. The summed E-state index contributed by atoms with van der Waals surface area (Å²) in [6.45, 7) is 3.58. The van der Waals surface area contributed by atoms with E-state index in [0.29, 0.717) is 22.7 Å². The van der Waals surface area contributed by atoms with Crippen LogP contribution in [0.3, 0.4) is 0 Å². The Kier molecular flexibility index (Phi) is 4.93. The number of thiophene rings is 1. The van der Waals surface area contributed by atoms with Crippen LogP contribution >= 0.6 is 22.9 Å². The van der Waals surface area contributed by atoms with Gasteiger partial charge in [-0.05, 0) is 49.4 Å². The lowest BCUT2D eigenvalue weighted by Crippen LogP contribution is -2.34. The first kappa shape index (κ1) is 16.3. The summed E-state index contributed by atoms with van der Waals surface area (Å²) in [4.78, 5) is 1.22. The van der Waals surface area contributed by atoms with E-state index in [9.17, 15) is 8.42 Å². The molecule has 2 rings (SSSR count). The van der Waals surface area contributed by atoms with Crippen LogP contribution in [-0.4, -0.2) is 14.5 Å². The van der Waals surface area contributed by atoms with E-state index in [4.69, 9.17) is 17.3 Å². The van der Waals surface area contributed by atoms with Crippen LogP contribution in [0.5, 0.6) is 0 Å². The molecule has 0 fully saturated rings. The Bertz CT molecular complexity index is 704. The third-order valence-corrected chi connectivity index (χ3v) is 5.97. The predicted molar refractivity (Wildman–Crippen MR) is 88.4 cm³/mol. The summed E-state index contributed by atoms with van der Waals surface area (Å²) in [5.74, 6) is 0. The molecule has 2 aromatic rings. The van der Waals surface area contributed by atoms with Crippen LogP contribution in [0.4, 0.5) is 5.69 Å². The maximum Gasteiger partial charge on any atom is 0.240 e. The van der Waals surface area contributed by atoms with Crippen molar-refractivity contribution < 1.29 is 8.42 Å². The number of halogens is 1. The van der Waals surface area contributed by atoms with E-state index >= 15 is 0 Å². The SMILES string of the molecule is Cc1c(N)cc(S(=O)(=O)NC(C)Cc2cccs2)cc1Cl. The van der Waals surface area contributed by atoms with Crippen LogP contribution in [0.2, 0.25) is 5.02 Å². The molecule has 0 amide bonds. The smallest absolute Gasteiger partial charge is 0.240 e. The number of hydrogen-bond donors (Lipinski definition) is 2. The van der Waals surface area contributed by atoms with E-state index in [1.54, 1.807) is 18.3 Å². The summed E-state index contributed by atoms with van der Waals surface area (Å²) in [6.07, 6.45) is 0.645. The van der Waals surface area contributed by atoms with Gasteiger partial charge in [0.2, 0.25) is 10.0 Å². The van der Waals surface area contributed by atoms with E-state index in [2.05, 4.69) is 4.72 Å². The molecule has 1 aromatic carbocycles. The quantitative estimate of drug-likeness (QED) is 0.818. The molecule has 1 heterocycles. The highest BCUT2D eigenvalue weighted by Gasteiger charge is 2.19. The van der Waals surface area contributed by atoms with Gasteiger partial charge in [-0.1, -0.05) is 17.7 Å². The summed E-state index contributed by atoms with van der Waals surface area (Å²) in [5.41, 5.74) is 6.84. The molecule has 21 heavy (non-hydrogen) atoms. The van der Waals surface area contributed by atoms with Crippen molar-refractivity contribution in [2.45, 2.75) is 31.2 Å². The molecule has 0 spiro atoms. The number of sulfonamides is 1. The van der Waals surface area contributed by atoms with Crippen molar-refractivity contribution in [2.24, 2.45) is 0 Å². The van der Waals surface area contributed by atoms with Crippen molar-refractivity contribution in [1.29, 1.82) is 0 Å². The Morgan fingerprint density at radius 1 is 1.43 bits per heavy atom. The van der Waals surface area contributed by atoms with Gasteiger partial charge in [0.1, 0.15) is 0 Å². The monoisotopic (exact) mass is 344 g/mol. The minimum Gasteiger partial charge on any atom is -0.398 e. The second-order valence-corrected chi connectivity index (χ2v) is 8.08. The second-order valence-electron chi connectivity index (χ2n) is 4.93. The zero-order valence-electron chi connectivity index (χ0n) is 11.8. The predicted octanol–water partition coefficient (Wildman–Crippen LogP) is 3.20. The molecule has 0 aliphatic carbocycles. The summed E-state index contributed by atoms with van der Waals surface area (Å²) in [6, 6.07) is 6.57. The fraction of sp³-hybridized carbons (Fsp3) is 0.286. The van der Waals surface area contributed by atoms with Crippen LogP contribution in [0, 0.1) is 6.92 Å². The summed E-state index contributed by atoms with van der Waals surface area (Å²) in [5, 5.41) is 2.32. The van der Waals surface area contributed by atoms with Gasteiger partial charge in [-0.25, -0.2) is 13.1 Å². The fourth-order valence-corrected chi connectivity index (χ4v) is 4.37. The first-order valence-corrected chi connectivity index (χ1v) is 9.14. The van der Waals surface area contributed by atoms with Gasteiger partial charge >= 0.3 is 0 Å². The molecule has 1 aromatic heterocycles. The number of nitrogens with two attached hydrogens (primary N) is 1. The van der Waals surface area contributed by atoms with Crippen LogP contribution in [-0.2, 0) is 16.4 Å². The lowest BCUT2D eigenvalue weighted by molar-refractivity contribution is 0.561. The topological polar surface area (TPSA) is 72.2 Å². The average Bonchev–Trinajstić information content (AvgIpc) is 2.87. The lowest BCUT2D eigenvalue weighted by atomic mass is 10.2. The Labute approximate surface area is 134 Å². The maximum absolute atomic E-state index is 12.4. The van der Waals surface area contributed by atoms with Crippen molar-refractivity contribution in [3.63, 3.8) is 0 Å². The molecule has 1 unspecified atom stereocenters. The van der Waals surface area contributed by atoms with Gasteiger partial charge in [0, 0.05) is 21.6 Å². The minimum atomic E-state index is -3.63. The number of nitrogens with one attached hydrogen (secondary N) is 1. The fourth-order valence-electron chi connectivity index (χ4n) is 1.93. The molecular weight excluding hydrogens is 328 g/mol. The molecule has 114 valence electrons. The maximum atomic E-state index is 12.4. The third-order valence-electron chi connectivity index (χ3n) is 3.11. The normalized spacial score (nSPS) is 13.3. The molecule has 0 bridgehead atoms. The van der Waals surface area contributed by atoms with Crippen LogP contribution in [0.1, 0.15) is 17.4 Å². The van der Waals surface area contributed by atoms with Gasteiger partial charge in [-0.2, -0.15) is 0 Å². The summed E-state index contributed by atoms with van der Waals surface area (Å²) >= 11 is 7.61. The molecule has 7 heteroatoms. The molecule has 0 aliphatic rings. The molecule has 0 radical (unpaired) electrons. The van der Waals surface area contributed by atoms with Crippen molar-refractivity contribution in [3.05, 3.63) is 45.1 Å². The van der Waals surface area contributed by atoms with E-state index in [1.165, 1.54) is 12.1 Å². The lowest BCUT2D eigenvalue weighted by Gasteiger charge is -2.15. The average molecular weight is 345 g/mol. The third kappa shape index (κ3) is 3.97. The van der Waals surface area contributed by atoms with E-state index in [-0.39, 0.29) is 10.9 Å². The van der Waals surface area contributed by atoms with Gasteiger partial charge in [0.05, 0.1) is 4.90 Å². The molecule has 4 nitrogen and oxygen atoms in total. The van der Waals surface area contributed by atoms with E-state index in [0.717, 1.165) is 4.88 Å². The van der Waals surface area contributed by atoms with E-state index in [1.807, 2.05) is 24.4 Å². The molecule has 3 N–H and O–H groups in total. The molecular formula is C14H17ClN2O2S2. The first-order chi connectivity index (χ1) is 9.79. The van der Waals surface area contributed by atoms with Crippen molar-refractivity contribution in [3.8, 4) is 0 Å². The van der Waals surface area contributed by atoms with Crippen LogP contribution < -0.4 is 10.5 Å². The summed E-state index contributed by atoms with van der Waals surface area (Å²) < 4.78 is 27.4. The Morgan fingerprint density at radius 2 is 2.14 bits per heavy atom. The van der Waals surface area contributed by atoms with Gasteiger partial charge in [0.25, 0.3) is 0 Å². The molecule has 1 atom stereocenters. The number of rotatable bonds is 5. The molecule has 0 saturated heterocycles. The van der Waals surface area contributed by atoms with Gasteiger partial charge in [-0.15, -0.1) is 11.3 Å². The Morgan fingerprint density at radius 3 is 2.71 bits per heavy atom. The number of nitrogen functional groups attached to an aromatic ring is 1. The van der Waals surface area contributed by atoms with Gasteiger partial charge in [0.15, 0.2) is 0 Å². The standard InChI is InChI=1S/C14H17ClN2O2S2/c1-9(6-11-4-3-5-20-11)17-21(18,19)12-7-13(15)10(2)14(16)8-12/h3-5,7-9,17H,6,16H2,1-2H3. The largest absolute Gasteiger partial charge is 0.398 e.